The van der Waals surface area contributed by atoms with Crippen LogP contribution in [0.3, 0.4) is 0 Å². The van der Waals surface area contributed by atoms with E-state index in [4.69, 9.17) is 0 Å². The summed E-state index contributed by atoms with van der Waals surface area (Å²) in [6.45, 7) is 4.69. The molecule has 0 saturated carbocycles. The second-order valence-electron chi connectivity index (χ2n) is 5.53. The standard InChI is InChI=1S/C17H21FN2O2/c1-4-5-8-20(3)17-13(10-16(21)22)11(2)19-15-7-6-12(18)9-14(15)17/h6-7,9H,4-5,8,10H2,1-3H3,(H,21,22). The Morgan fingerprint density at radius 1 is 1.41 bits per heavy atom. The Morgan fingerprint density at radius 3 is 2.77 bits per heavy atom. The fourth-order valence-corrected chi connectivity index (χ4v) is 2.68. The molecule has 0 aliphatic carbocycles. The van der Waals surface area contributed by atoms with Crippen LogP contribution in [0.25, 0.3) is 10.9 Å². The molecule has 0 bridgehead atoms. The van der Waals surface area contributed by atoms with E-state index in [1.54, 1.807) is 13.0 Å². The van der Waals surface area contributed by atoms with Crippen molar-refractivity contribution in [1.82, 2.24) is 4.98 Å². The minimum atomic E-state index is -0.911. The van der Waals surface area contributed by atoms with E-state index < -0.39 is 5.97 Å². The molecule has 2 rings (SSSR count). The number of pyridine rings is 1. The highest BCUT2D eigenvalue weighted by atomic mass is 19.1. The van der Waals surface area contributed by atoms with Crippen molar-refractivity contribution in [2.45, 2.75) is 33.1 Å². The first-order valence-corrected chi connectivity index (χ1v) is 7.45. The number of carboxylic acid groups (broad SMARTS) is 1. The minimum absolute atomic E-state index is 0.114. The van der Waals surface area contributed by atoms with Gasteiger partial charge in [-0.05, 0) is 31.5 Å². The number of benzene rings is 1. The van der Waals surface area contributed by atoms with E-state index >= 15 is 0 Å². The summed E-state index contributed by atoms with van der Waals surface area (Å²) in [5.74, 6) is -1.25. The number of aromatic nitrogens is 1. The lowest BCUT2D eigenvalue weighted by atomic mass is 10.0. The summed E-state index contributed by atoms with van der Waals surface area (Å²) in [6, 6.07) is 4.45. The molecule has 0 amide bonds. The SMILES string of the molecule is CCCCN(C)c1c(CC(=O)O)c(C)nc2ccc(F)cc12. The Hall–Kier alpha value is -2.17. The molecule has 2 aromatic rings. The van der Waals surface area contributed by atoms with Crippen LogP contribution in [-0.2, 0) is 11.2 Å². The average Bonchev–Trinajstić information content (AvgIpc) is 2.45. The zero-order chi connectivity index (χ0) is 16.3. The Kier molecular flexibility index (Phi) is 4.96. The molecule has 1 N–H and O–H groups in total. The van der Waals surface area contributed by atoms with Crippen molar-refractivity contribution in [1.29, 1.82) is 0 Å². The number of aliphatic carboxylic acids is 1. The normalized spacial score (nSPS) is 10.9. The third kappa shape index (κ3) is 3.35. The van der Waals surface area contributed by atoms with Crippen LogP contribution in [0.1, 0.15) is 31.0 Å². The molecule has 0 spiro atoms. The molecule has 118 valence electrons. The highest BCUT2D eigenvalue weighted by Gasteiger charge is 2.18. The van der Waals surface area contributed by atoms with Gasteiger partial charge in [-0.3, -0.25) is 9.78 Å². The molecular formula is C17H21FN2O2. The number of carboxylic acids is 1. The Labute approximate surface area is 129 Å². The zero-order valence-electron chi connectivity index (χ0n) is 13.2. The highest BCUT2D eigenvalue weighted by molar-refractivity contribution is 5.95. The lowest BCUT2D eigenvalue weighted by molar-refractivity contribution is -0.136. The van der Waals surface area contributed by atoms with Gasteiger partial charge in [0.05, 0.1) is 17.6 Å². The van der Waals surface area contributed by atoms with Gasteiger partial charge < -0.3 is 10.0 Å². The molecule has 22 heavy (non-hydrogen) atoms. The summed E-state index contributed by atoms with van der Waals surface area (Å²) in [5.41, 5.74) is 2.80. The second-order valence-corrected chi connectivity index (χ2v) is 5.53. The molecule has 0 fully saturated rings. The number of halogens is 1. The van der Waals surface area contributed by atoms with Gasteiger partial charge in [0.25, 0.3) is 0 Å². The highest BCUT2D eigenvalue weighted by Crippen LogP contribution is 2.32. The molecule has 1 heterocycles. The van der Waals surface area contributed by atoms with E-state index in [9.17, 15) is 14.3 Å². The van der Waals surface area contributed by atoms with Crippen LogP contribution in [0.4, 0.5) is 10.1 Å². The minimum Gasteiger partial charge on any atom is -0.481 e. The maximum Gasteiger partial charge on any atom is 0.307 e. The fourth-order valence-electron chi connectivity index (χ4n) is 2.68. The molecule has 4 nitrogen and oxygen atoms in total. The van der Waals surface area contributed by atoms with Crippen LogP contribution in [0, 0.1) is 12.7 Å². The van der Waals surface area contributed by atoms with Crippen LogP contribution in [0.2, 0.25) is 0 Å². The number of anilines is 1. The number of hydrogen-bond acceptors (Lipinski definition) is 3. The van der Waals surface area contributed by atoms with Crippen molar-refractivity contribution in [3.05, 3.63) is 35.3 Å². The van der Waals surface area contributed by atoms with Gasteiger partial charge in [0.2, 0.25) is 0 Å². The van der Waals surface area contributed by atoms with Gasteiger partial charge in [-0.15, -0.1) is 0 Å². The van der Waals surface area contributed by atoms with Gasteiger partial charge in [0.15, 0.2) is 0 Å². The summed E-state index contributed by atoms with van der Waals surface area (Å²) < 4.78 is 13.7. The molecular weight excluding hydrogens is 283 g/mol. The van der Waals surface area contributed by atoms with Gasteiger partial charge in [-0.25, -0.2) is 4.39 Å². The quantitative estimate of drug-likeness (QED) is 0.887. The van der Waals surface area contributed by atoms with Crippen molar-refractivity contribution in [3.8, 4) is 0 Å². The van der Waals surface area contributed by atoms with E-state index in [0.29, 0.717) is 22.2 Å². The van der Waals surface area contributed by atoms with E-state index in [2.05, 4.69) is 11.9 Å². The summed E-state index contributed by atoms with van der Waals surface area (Å²) in [4.78, 5) is 17.6. The van der Waals surface area contributed by atoms with E-state index in [0.717, 1.165) is 25.1 Å². The summed E-state index contributed by atoms with van der Waals surface area (Å²) in [7, 11) is 1.92. The molecule has 5 heteroatoms. The van der Waals surface area contributed by atoms with Crippen molar-refractivity contribution >= 4 is 22.6 Å². The number of unbranched alkanes of at least 4 members (excludes halogenated alkanes) is 1. The van der Waals surface area contributed by atoms with Crippen LogP contribution in [-0.4, -0.2) is 29.7 Å². The molecule has 0 atom stereocenters. The zero-order valence-corrected chi connectivity index (χ0v) is 13.2. The summed E-state index contributed by atoms with van der Waals surface area (Å²) in [5, 5.41) is 9.85. The maximum absolute atomic E-state index is 13.7. The summed E-state index contributed by atoms with van der Waals surface area (Å²) >= 11 is 0. The topological polar surface area (TPSA) is 53.4 Å². The molecule has 0 saturated heterocycles. The number of hydrogen-bond donors (Lipinski definition) is 1. The molecule has 0 unspecified atom stereocenters. The van der Waals surface area contributed by atoms with Crippen LogP contribution < -0.4 is 4.90 Å². The lowest BCUT2D eigenvalue weighted by Crippen LogP contribution is -2.22. The van der Waals surface area contributed by atoms with Crippen molar-refractivity contribution in [3.63, 3.8) is 0 Å². The smallest absolute Gasteiger partial charge is 0.307 e. The van der Waals surface area contributed by atoms with Crippen molar-refractivity contribution in [2.75, 3.05) is 18.5 Å². The summed E-state index contributed by atoms with van der Waals surface area (Å²) in [6.07, 6.45) is 1.91. The van der Waals surface area contributed by atoms with Gasteiger partial charge in [0.1, 0.15) is 5.82 Å². The second kappa shape index (κ2) is 6.73. The number of fused-ring (bicyclic) bond motifs is 1. The molecule has 0 radical (unpaired) electrons. The van der Waals surface area contributed by atoms with Crippen LogP contribution in [0.5, 0.6) is 0 Å². The molecule has 0 aliphatic rings. The third-order valence-electron chi connectivity index (χ3n) is 3.78. The van der Waals surface area contributed by atoms with Gasteiger partial charge >= 0.3 is 5.97 Å². The molecule has 1 aromatic carbocycles. The lowest BCUT2D eigenvalue weighted by Gasteiger charge is -2.25. The van der Waals surface area contributed by atoms with Crippen LogP contribution in [0.15, 0.2) is 18.2 Å². The third-order valence-corrected chi connectivity index (χ3v) is 3.78. The maximum atomic E-state index is 13.7. The first kappa shape index (κ1) is 16.2. The number of aryl methyl sites for hydroxylation is 1. The number of rotatable bonds is 6. The number of carbonyl (C=O) groups is 1. The number of nitrogens with zero attached hydrogens (tertiary/aromatic N) is 2. The Balaban J connectivity index is 2.68. The first-order chi connectivity index (χ1) is 10.4. The van der Waals surface area contributed by atoms with Crippen LogP contribution >= 0.6 is 0 Å². The molecule has 1 aromatic heterocycles. The van der Waals surface area contributed by atoms with Crippen molar-refractivity contribution in [2.24, 2.45) is 0 Å². The predicted octanol–water partition coefficient (Wildman–Crippen LogP) is 3.55. The average molecular weight is 304 g/mol. The van der Waals surface area contributed by atoms with Gasteiger partial charge in [0, 0.05) is 30.2 Å². The van der Waals surface area contributed by atoms with Gasteiger partial charge in [-0.1, -0.05) is 13.3 Å². The largest absolute Gasteiger partial charge is 0.481 e. The first-order valence-electron chi connectivity index (χ1n) is 7.45. The van der Waals surface area contributed by atoms with E-state index in [1.165, 1.54) is 12.1 Å². The van der Waals surface area contributed by atoms with E-state index in [1.807, 2.05) is 11.9 Å². The van der Waals surface area contributed by atoms with Gasteiger partial charge in [-0.2, -0.15) is 0 Å². The van der Waals surface area contributed by atoms with Crippen molar-refractivity contribution < 1.29 is 14.3 Å². The Bertz CT molecular complexity index is 701. The monoisotopic (exact) mass is 304 g/mol. The molecule has 0 aliphatic heterocycles. The fraction of sp³-hybridized carbons (Fsp3) is 0.412. The predicted molar refractivity (Wildman–Crippen MR) is 86.0 cm³/mol. The Morgan fingerprint density at radius 2 is 2.14 bits per heavy atom. The van der Waals surface area contributed by atoms with E-state index in [-0.39, 0.29) is 12.2 Å².